The van der Waals surface area contributed by atoms with E-state index in [4.69, 9.17) is 0 Å². The van der Waals surface area contributed by atoms with Crippen LogP contribution in [0.25, 0.3) is 0 Å². The number of allylic oxidation sites excluding steroid dienone is 2. The molecule has 0 spiro atoms. The van der Waals surface area contributed by atoms with Crippen molar-refractivity contribution in [3.05, 3.63) is 11.1 Å². The molecular weight excluding hydrogens is 240 g/mol. The molecule has 1 aliphatic rings. The first-order valence-corrected chi connectivity index (χ1v) is 9.46. The summed E-state index contributed by atoms with van der Waals surface area (Å²) in [7, 11) is 0. The highest BCUT2D eigenvalue weighted by molar-refractivity contribution is 5.09. The van der Waals surface area contributed by atoms with Gasteiger partial charge in [-0.25, -0.2) is 0 Å². The number of hydrogen-bond donors (Lipinski definition) is 0. The van der Waals surface area contributed by atoms with E-state index < -0.39 is 0 Å². The van der Waals surface area contributed by atoms with E-state index in [-0.39, 0.29) is 0 Å². The molecule has 0 atom stereocenters. The molecule has 1 rings (SSSR count). The Bertz CT molecular complexity index is 223. The van der Waals surface area contributed by atoms with Gasteiger partial charge in [0, 0.05) is 0 Å². The molecule has 1 aliphatic carbocycles. The molecule has 0 amide bonds. The van der Waals surface area contributed by atoms with Crippen LogP contribution in [0.2, 0.25) is 0 Å². The average Bonchev–Trinajstić information content (AvgIpc) is 2.45. The molecule has 0 heterocycles. The van der Waals surface area contributed by atoms with E-state index in [1.165, 1.54) is 103 Å². The Morgan fingerprint density at radius 3 is 0.800 bits per heavy atom. The van der Waals surface area contributed by atoms with Crippen molar-refractivity contribution in [1.29, 1.82) is 0 Å². The maximum absolute atomic E-state index is 2.37. The SMILES string of the molecule is C/C1=C(\C)CCCCCCCCCCCCCCCC1. The van der Waals surface area contributed by atoms with E-state index in [2.05, 4.69) is 13.8 Å². The molecule has 0 aromatic heterocycles. The van der Waals surface area contributed by atoms with Crippen molar-refractivity contribution in [3.63, 3.8) is 0 Å². The van der Waals surface area contributed by atoms with Crippen LogP contribution >= 0.6 is 0 Å². The Hall–Kier alpha value is -0.260. The fourth-order valence-corrected chi connectivity index (χ4v) is 3.33. The van der Waals surface area contributed by atoms with Crippen molar-refractivity contribution in [2.45, 2.75) is 117 Å². The number of rotatable bonds is 0. The summed E-state index contributed by atoms with van der Waals surface area (Å²) in [6.45, 7) is 4.74. The molecular formula is C20H38. The van der Waals surface area contributed by atoms with E-state index in [0.717, 1.165) is 0 Å². The molecule has 20 heavy (non-hydrogen) atoms. The van der Waals surface area contributed by atoms with Gasteiger partial charge in [-0.2, -0.15) is 0 Å². The van der Waals surface area contributed by atoms with Gasteiger partial charge in [-0.15, -0.1) is 0 Å². The summed E-state index contributed by atoms with van der Waals surface area (Å²) >= 11 is 0. The van der Waals surface area contributed by atoms with Gasteiger partial charge in [0.15, 0.2) is 0 Å². The topological polar surface area (TPSA) is 0 Å². The predicted octanol–water partition coefficient (Wildman–Crippen LogP) is 7.58. The minimum absolute atomic E-state index is 1.35. The third-order valence-corrected chi connectivity index (χ3v) is 5.08. The zero-order valence-electron chi connectivity index (χ0n) is 14.3. The summed E-state index contributed by atoms with van der Waals surface area (Å²) in [4.78, 5) is 0. The largest absolute Gasteiger partial charge is 0.0744 e. The van der Waals surface area contributed by atoms with Crippen molar-refractivity contribution < 1.29 is 0 Å². The lowest BCUT2D eigenvalue weighted by Crippen LogP contribution is -1.89. The van der Waals surface area contributed by atoms with Gasteiger partial charge in [0.25, 0.3) is 0 Å². The summed E-state index contributed by atoms with van der Waals surface area (Å²) in [5, 5.41) is 0. The smallest absolute Gasteiger partial charge is 0.0320 e. The Labute approximate surface area is 128 Å². The van der Waals surface area contributed by atoms with Crippen LogP contribution < -0.4 is 0 Å². The molecule has 0 saturated heterocycles. The molecule has 0 heteroatoms. The first-order chi connectivity index (χ1) is 9.80. The van der Waals surface area contributed by atoms with Gasteiger partial charge in [0.05, 0.1) is 0 Å². The molecule has 0 radical (unpaired) electrons. The van der Waals surface area contributed by atoms with Crippen LogP contribution in [0.15, 0.2) is 11.1 Å². The summed E-state index contributed by atoms with van der Waals surface area (Å²) in [5.74, 6) is 0. The average molecular weight is 279 g/mol. The van der Waals surface area contributed by atoms with Gasteiger partial charge in [-0.1, -0.05) is 88.2 Å². The van der Waals surface area contributed by atoms with Crippen LogP contribution in [0.3, 0.4) is 0 Å². The van der Waals surface area contributed by atoms with Gasteiger partial charge in [-0.3, -0.25) is 0 Å². The normalized spacial score (nSPS) is 26.7. The van der Waals surface area contributed by atoms with Crippen LogP contribution in [-0.4, -0.2) is 0 Å². The molecule has 0 bridgehead atoms. The molecule has 0 fully saturated rings. The molecule has 0 nitrogen and oxygen atoms in total. The maximum Gasteiger partial charge on any atom is -0.0320 e. The van der Waals surface area contributed by atoms with Crippen LogP contribution in [-0.2, 0) is 0 Å². The van der Waals surface area contributed by atoms with Crippen molar-refractivity contribution in [2.75, 3.05) is 0 Å². The van der Waals surface area contributed by atoms with E-state index in [0.29, 0.717) is 0 Å². The first-order valence-electron chi connectivity index (χ1n) is 9.46. The quantitative estimate of drug-likeness (QED) is 0.401. The molecule has 0 aliphatic heterocycles. The van der Waals surface area contributed by atoms with Crippen LogP contribution in [0.4, 0.5) is 0 Å². The molecule has 0 aromatic rings. The van der Waals surface area contributed by atoms with Crippen molar-refractivity contribution in [1.82, 2.24) is 0 Å². The standard InChI is InChI=1S/C20H38/c1-19-17-15-13-11-9-7-5-3-4-6-8-10-12-14-16-18-20(19)2/h3-18H2,1-2H3/b20-19-. The van der Waals surface area contributed by atoms with Gasteiger partial charge in [0.1, 0.15) is 0 Å². The molecule has 0 N–H and O–H groups in total. The predicted molar refractivity (Wildman–Crippen MR) is 92.2 cm³/mol. The van der Waals surface area contributed by atoms with Crippen molar-refractivity contribution in [3.8, 4) is 0 Å². The Morgan fingerprint density at radius 1 is 0.350 bits per heavy atom. The third kappa shape index (κ3) is 9.61. The first kappa shape index (κ1) is 17.8. The number of hydrogen-bond acceptors (Lipinski definition) is 0. The lowest BCUT2D eigenvalue weighted by atomic mass is 9.97. The summed E-state index contributed by atoms with van der Waals surface area (Å²) in [5.41, 5.74) is 3.37. The van der Waals surface area contributed by atoms with Gasteiger partial charge in [-0.05, 0) is 39.5 Å². The zero-order chi connectivity index (χ0) is 14.5. The lowest BCUT2D eigenvalue weighted by Gasteiger charge is -2.09. The lowest BCUT2D eigenvalue weighted by molar-refractivity contribution is 0.530. The minimum atomic E-state index is 1.35. The van der Waals surface area contributed by atoms with Gasteiger partial charge in [0.2, 0.25) is 0 Å². The summed E-state index contributed by atoms with van der Waals surface area (Å²) < 4.78 is 0. The fraction of sp³-hybridized carbons (Fsp3) is 0.900. The van der Waals surface area contributed by atoms with Crippen molar-refractivity contribution in [2.24, 2.45) is 0 Å². The highest BCUT2D eigenvalue weighted by atomic mass is 14.1. The van der Waals surface area contributed by atoms with Crippen LogP contribution in [0, 0.1) is 0 Å². The molecule has 0 unspecified atom stereocenters. The Balaban J connectivity index is 2.26. The monoisotopic (exact) mass is 278 g/mol. The van der Waals surface area contributed by atoms with Crippen molar-refractivity contribution >= 4 is 0 Å². The van der Waals surface area contributed by atoms with E-state index in [9.17, 15) is 0 Å². The van der Waals surface area contributed by atoms with E-state index in [1.54, 1.807) is 11.1 Å². The van der Waals surface area contributed by atoms with Crippen LogP contribution in [0.5, 0.6) is 0 Å². The minimum Gasteiger partial charge on any atom is -0.0744 e. The fourth-order valence-electron chi connectivity index (χ4n) is 3.33. The zero-order valence-corrected chi connectivity index (χ0v) is 14.3. The molecule has 0 saturated carbocycles. The van der Waals surface area contributed by atoms with E-state index in [1.807, 2.05) is 0 Å². The van der Waals surface area contributed by atoms with E-state index >= 15 is 0 Å². The second kappa shape index (κ2) is 12.5. The summed E-state index contributed by atoms with van der Waals surface area (Å²) in [6.07, 6.45) is 23.2. The Kier molecular flexibility index (Phi) is 11.1. The molecule has 0 aromatic carbocycles. The van der Waals surface area contributed by atoms with Gasteiger partial charge < -0.3 is 0 Å². The second-order valence-electron chi connectivity index (χ2n) is 7.01. The highest BCUT2D eigenvalue weighted by Gasteiger charge is 2.00. The van der Waals surface area contributed by atoms with Crippen LogP contribution in [0.1, 0.15) is 117 Å². The second-order valence-corrected chi connectivity index (χ2v) is 7.01. The Morgan fingerprint density at radius 2 is 0.550 bits per heavy atom. The third-order valence-electron chi connectivity index (χ3n) is 5.08. The summed E-state index contributed by atoms with van der Waals surface area (Å²) in [6, 6.07) is 0. The van der Waals surface area contributed by atoms with Gasteiger partial charge >= 0.3 is 0 Å². The molecule has 118 valence electrons. The highest BCUT2D eigenvalue weighted by Crippen LogP contribution is 2.20. The maximum atomic E-state index is 2.37.